The largest absolute Gasteiger partial charge is 0.481 e. The van der Waals surface area contributed by atoms with Gasteiger partial charge in [-0.05, 0) is 32.6 Å². The first-order valence-corrected chi connectivity index (χ1v) is 7.06. The lowest BCUT2D eigenvalue weighted by Gasteiger charge is -2.27. The van der Waals surface area contributed by atoms with Crippen molar-refractivity contribution in [3.8, 4) is 0 Å². The molecule has 0 spiro atoms. The second kappa shape index (κ2) is 5.03. The normalized spacial score (nSPS) is 27.4. The zero-order valence-corrected chi connectivity index (χ0v) is 10.3. The van der Waals surface area contributed by atoms with Crippen molar-refractivity contribution in [1.29, 1.82) is 0 Å². The first-order chi connectivity index (χ1) is 7.76. The average Bonchev–Trinajstić information content (AvgIpc) is 2.27. The van der Waals surface area contributed by atoms with Crippen LogP contribution in [-0.2, 0) is 19.4 Å². The molecule has 1 rings (SSSR count). The van der Waals surface area contributed by atoms with Crippen LogP contribution in [0.1, 0.15) is 32.6 Å². The Hall–Kier alpha value is -1.11. The van der Waals surface area contributed by atoms with Crippen molar-refractivity contribution in [2.24, 2.45) is 5.92 Å². The van der Waals surface area contributed by atoms with E-state index in [2.05, 4.69) is 0 Å². The topological polar surface area (TPSA) is 109 Å². The van der Waals surface area contributed by atoms with Gasteiger partial charge in [0.25, 0.3) is 0 Å². The molecule has 0 bridgehead atoms. The predicted molar refractivity (Wildman–Crippen MR) is 59.4 cm³/mol. The molecule has 0 radical (unpaired) electrons. The summed E-state index contributed by atoms with van der Waals surface area (Å²) in [5.41, 5.74) is 0. The van der Waals surface area contributed by atoms with Crippen molar-refractivity contribution in [1.82, 2.24) is 0 Å². The smallest absolute Gasteiger partial charge is 0.321 e. The number of hydrogen-bond acceptors (Lipinski definition) is 4. The third kappa shape index (κ3) is 2.96. The van der Waals surface area contributed by atoms with E-state index < -0.39 is 38.2 Å². The maximum Gasteiger partial charge on any atom is 0.321 e. The SMILES string of the molecule is CC(C(=O)O)S(=O)(=O)C1CCC(C(=O)O)CC1. The second-order valence-corrected chi connectivity index (χ2v) is 6.93. The van der Waals surface area contributed by atoms with E-state index in [-0.39, 0.29) is 12.8 Å². The van der Waals surface area contributed by atoms with Crippen LogP contribution in [0, 0.1) is 5.92 Å². The van der Waals surface area contributed by atoms with E-state index in [1.54, 1.807) is 0 Å². The van der Waals surface area contributed by atoms with Gasteiger partial charge in [0.1, 0.15) is 0 Å². The van der Waals surface area contributed by atoms with Crippen LogP contribution in [0.15, 0.2) is 0 Å². The van der Waals surface area contributed by atoms with Gasteiger partial charge in [0, 0.05) is 0 Å². The second-order valence-electron chi connectivity index (χ2n) is 4.38. The van der Waals surface area contributed by atoms with Crippen LogP contribution in [0.25, 0.3) is 0 Å². The van der Waals surface area contributed by atoms with Crippen LogP contribution in [0.4, 0.5) is 0 Å². The van der Waals surface area contributed by atoms with Crippen molar-refractivity contribution < 1.29 is 28.2 Å². The Morgan fingerprint density at radius 2 is 1.59 bits per heavy atom. The Kier molecular flexibility index (Phi) is 4.13. The van der Waals surface area contributed by atoms with Crippen molar-refractivity contribution in [3.63, 3.8) is 0 Å². The summed E-state index contributed by atoms with van der Waals surface area (Å²) in [6.07, 6.45) is 1.06. The van der Waals surface area contributed by atoms with Crippen molar-refractivity contribution in [2.45, 2.75) is 43.1 Å². The molecule has 6 nitrogen and oxygen atoms in total. The summed E-state index contributed by atoms with van der Waals surface area (Å²) >= 11 is 0. The zero-order valence-electron chi connectivity index (χ0n) is 9.50. The molecule has 0 heterocycles. The van der Waals surface area contributed by atoms with Gasteiger partial charge in [-0.15, -0.1) is 0 Å². The van der Waals surface area contributed by atoms with Crippen LogP contribution < -0.4 is 0 Å². The molecule has 7 heteroatoms. The van der Waals surface area contributed by atoms with Gasteiger partial charge in [-0.1, -0.05) is 0 Å². The summed E-state index contributed by atoms with van der Waals surface area (Å²) < 4.78 is 23.8. The summed E-state index contributed by atoms with van der Waals surface area (Å²) in [5, 5.41) is 15.4. The van der Waals surface area contributed by atoms with Gasteiger partial charge in [0.2, 0.25) is 0 Å². The molecule has 1 aliphatic rings. The number of sulfone groups is 1. The van der Waals surface area contributed by atoms with E-state index in [0.29, 0.717) is 12.8 Å². The summed E-state index contributed by atoms with van der Waals surface area (Å²) in [5.74, 6) is -2.76. The van der Waals surface area contributed by atoms with Crippen LogP contribution in [0.5, 0.6) is 0 Å². The molecule has 0 aromatic heterocycles. The van der Waals surface area contributed by atoms with Crippen LogP contribution >= 0.6 is 0 Å². The van der Waals surface area contributed by atoms with Crippen molar-refractivity contribution in [3.05, 3.63) is 0 Å². The first kappa shape index (κ1) is 14.0. The van der Waals surface area contributed by atoms with Gasteiger partial charge >= 0.3 is 11.9 Å². The number of hydrogen-bond donors (Lipinski definition) is 2. The lowest BCUT2D eigenvalue weighted by Crippen LogP contribution is -2.38. The highest BCUT2D eigenvalue weighted by Gasteiger charge is 2.38. The van der Waals surface area contributed by atoms with E-state index in [1.807, 2.05) is 0 Å². The summed E-state index contributed by atoms with van der Waals surface area (Å²) in [4.78, 5) is 21.4. The summed E-state index contributed by atoms with van der Waals surface area (Å²) in [6, 6.07) is 0. The maximum atomic E-state index is 11.9. The molecule has 0 aromatic rings. The fourth-order valence-corrected chi connectivity index (χ4v) is 3.86. The van der Waals surface area contributed by atoms with Crippen LogP contribution in [0.3, 0.4) is 0 Å². The minimum absolute atomic E-state index is 0.233. The standard InChI is InChI=1S/C10H16O6S/c1-6(9(11)12)17(15,16)8-4-2-7(3-5-8)10(13)14/h6-8H,2-5H2,1H3,(H,11,12)(H,13,14). The molecule has 0 amide bonds. The molecular formula is C10H16O6S. The molecule has 0 aliphatic heterocycles. The lowest BCUT2D eigenvalue weighted by atomic mass is 9.89. The number of carboxylic acid groups (broad SMARTS) is 2. The van der Waals surface area contributed by atoms with Crippen molar-refractivity contribution >= 4 is 21.8 Å². The molecule has 0 aromatic carbocycles. The van der Waals surface area contributed by atoms with Gasteiger partial charge in [-0.2, -0.15) is 0 Å². The van der Waals surface area contributed by atoms with Gasteiger partial charge < -0.3 is 10.2 Å². The van der Waals surface area contributed by atoms with E-state index in [1.165, 1.54) is 0 Å². The highest BCUT2D eigenvalue weighted by atomic mass is 32.2. The Balaban J connectivity index is 2.71. The first-order valence-electron chi connectivity index (χ1n) is 5.45. The van der Waals surface area contributed by atoms with E-state index in [9.17, 15) is 18.0 Å². The molecule has 2 N–H and O–H groups in total. The van der Waals surface area contributed by atoms with E-state index in [0.717, 1.165) is 6.92 Å². The molecule has 1 aliphatic carbocycles. The molecule has 17 heavy (non-hydrogen) atoms. The van der Waals surface area contributed by atoms with Gasteiger partial charge in [0.15, 0.2) is 15.1 Å². The number of carbonyl (C=O) groups is 2. The van der Waals surface area contributed by atoms with E-state index >= 15 is 0 Å². The molecule has 1 unspecified atom stereocenters. The molecule has 1 fully saturated rings. The number of aliphatic carboxylic acids is 2. The third-order valence-electron chi connectivity index (χ3n) is 3.33. The summed E-state index contributed by atoms with van der Waals surface area (Å²) in [7, 11) is -3.70. The van der Waals surface area contributed by atoms with Gasteiger partial charge in [0.05, 0.1) is 11.2 Å². The minimum Gasteiger partial charge on any atom is -0.481 e. The quantitative estimate of drug-likeness (QED) is 0.766. The molecule has 0 saturated heterocycles. The summed E-state index contributed by atoms with van der Waals surface area (Å²) in [6.45, 7) is 1.15. The zero-order chi connectivity index (χ0) is 13.2. The monoisotopic (exact) mass is 264 g/mol. The number of rotatable bonds is 4. The Labute approximate surface area is 99.6 Å². The van der Waals surface area contributed by atoms with Crippen molar-refractivity contribution in [2.75, 3.05) is 0 Å². The molecular weight excluding hydrogens is 248 g/mol. The number of carboxylic acids is 2. The van der Waals surface area contributed by atoms with Gasteiger partial charge in [-0.25, -0.2) is 8.42 Å². The fourth-order valence-electron chi connectivity index (χ4n) is 2.07. The van der Waals surface area contributed by atoms with Gasteiger partial charge in [-0.3, -0.25) is 9.59 Å². The highest BCUT2D eigenvalue weighted by Crippen LogP contribution is 2.30. The molecule has 1 saturated carbocycles. The molecule has 98 valence electrons. The molecule has 1 atom stereocenters. The lowest BCUT2D eigenvalue weighted by molar-refractivity contribution is -0.142. The fraction of sp³-hybridized carbons (Fsp3) is 0.800. The Bertz CT molecular complexity index is 405. The van der Waals surface area contributed by atoms with E-state index in [4.69, 9.17) is 10.2 Å². The average molecular weight is 264 g/mol. The third-order valence-corrected chi connectivity index (χ3v) is 5.92. The van der Waals surface area contributed by atoms with Crippen LogP contribution in [-0.4, -0.2) is 41.1 Å². The Morgan fingerprint density at radius 3 is 1.94 bits per heavy atom. The predicted octanol–water partition coefficient (Wildman–Crippen LogP) is 0.518. The Morgan fingerprint density at radius 1 is 1.12 bits per heavy atom. The maximum absolute atomic E-state index is 11.9. The highest BCUT2D eigenvalue weighted by molar-refractivity contribution is 7.93. The minimum atomic E-state index is -3.70. The van der Waals surface area contributed by atoms with Crippen LogP contribution in [0.2, 0.25) is 0 Å².